The van der Waals surface area contributed by atoms with Crippen LogP contribution in [0, 0.1) is 23.7 Å². The summed E-state index contributed by atoms with van der Waals surface area (Å²) in [6.45, 7) is 8.29. The Labute approximate surface area is 101 Å². The van der Waals surface area contributed by atoms with Crippen LogP contribution in [0.1, 0.15) is 59.3 Å². The second kappa shape index (κ2) is 5.53. The van der Waals surface area contributed by atoms with E-state index < -0.39 is 0 Å². The average Bonchev–Trinajstić information content (AvgIpc) is 2.71. The van der Waals surface area contributed by atoms with E-state index in [-0.39, 0.29) is 0 Å². The van der Waals surface area contributed by atoms with Gasteiger partial charge >= 0.3 is 0 Å². The van der Waals surface area contributed by atoms with Gasteiger partial charge in [0.2, 0.25) is 0 Å². The number of nitrogens with one attached hydrogen (secondary N) is 1. The van der Waals surface area contributed by atoms with E-state index >= 15 is 0 Å². The summed E-state index contributed by atoms with van der Waals surface area (Å²) in [5.74, 6) is 4.04. The van der Waals surface area contributed by atoms with Crippen molar-refractivity contribution in [1.82, 2.24) is 5.32 Å². The highest BCUT2D eigenvalue weighted by molar-refractivity contribution is 4.87. The van der Waals surface area contributed by atoms with Gasteiger partial charge < -0.3 is 5.32 Å². The fourth-order valence-electron chi connectivity index (χ4n) is 3.94. The molecular formula is C15H29N. The normalized spacial score (nSPS) is 44.8. The van der Waals surface area contributed by atoms with E-state index in [4.69, 9.17) is 0 Å². The van der Waals surface area contributed by atoms with E-state index in [1.165, 1.54) is 38.5 Å². The zero-order valence-corrected chi connectivity index (χ0v) is 11.3. The minimum absolute atomic E-state index is 0.838. The molecular weight excluding hydrogens is 194 g/mol. The first kappa shape index (κ1) is 12.4. The van der Waals surface area contributed by atoms with E-state index in [1.54, 1.807) is 0 Å². The van der Waals surface area contributed by atoms with Crippen molar-refractivity contribution in [2.75, 3.05) is 6.54 Å². The largest absolute Gasteiger partial charge is 0.314 e. The summed E-state index contributed by atoms with van der Waals surface area (Å²) < 4.78 is 0. The molecule has 2 aliphatic rings. The van der Waals surface area contributed by atoms with E-state index in [1.807, 2.05) is 0 Å². The summed E-state index contributed by atoms with van der Waals surface area (Å²) in [5, 5.41) is 3.63. The molecule has 5 atom stereocenters. The molecule has 0 aromatic rings. The highest BCUT2D eigenvalue weighted by Gasteiger charge is 2.34. The van der Waals surface area contributed by atoms with Crippen molar-refractivity contribution in [3.63, 3.8) is 0 Å². The molecule has 0 spiro atoms. The third kappa shape index (κ3) is 2.80. The Balaban J connectivity index is 1.81. The molecule has 0 heterocycles. The van der Waals surface area contributed by atoms with Crippen LogP contribution in [0.15, 0.2) is 0 Å². The lowest BCUT2D eigenvalue weighted by molar-refractivity contribution is 0.156. The third-order valence-electron chi connectivity index (χ3n) is 5.27. The Morgan fingerprint density at radius 2 is 1.56 bits per heavy atom. The number of rotatable bonds is 3. The molecule has 1 nitrogen and oxygen atoms in total. The van der Waals surface area contributed by atoms with Gasteiger partial charge in [0.15, 0.2) is 0 Å². The van der Waals surface area contributed by atoms with Crippen molar-refractivity contribution >= 4 is 0 Å². The van der Waals surface area contributed by atoms with Crippen molar-refractivity contribution in [2.24, 2.45) is 23.7 Å². The van der Waals surface area contributed by atoms with Crippen LogP contribution in [-0.4, -0.2) is 12.6 Å². The lowest BCUT2D eigenvalue weighted by atomic mass is 9.71. The van der Waals surface area contributed by atoms with E-state index in [0.717, 1.165) is 36.3 Å². The predicted octanol–water partition coefficient (Wildman–Crippen LogP) is 3.84. The second-order valence-electron chi connectivity index (χ2n) is 6.36. The van der Waals surface area contributed by atoms with Gasteiger partial charge in [0, 0.05) is 6.04 Å². The Morgan fingerprint density at radius 3 is 2.25 bits per heavy atom. The molecule has 0 aromatic heterocycles. The van der Waals surface area contributed by atoms with Crippen LogP contribution in [0.25, 0.3) is 0 Å². The summed E-state index contributed by atoms with van der Waals surface area (Å²) in [5.41, 5.74) is 0. The summed E-state index contributed by atoms with van der Waals surface area (Å²) >= 11 is 0. The number of hydrogen-bond acceptors (Lipinski definition) is 1. The average molecular weight is 223 g/mol. The maximum Gasteiger partial charge on any atom is 0.00697 e. The fourth-order valence-corrected chi connectivity index (χ4v) is 3.94. The van der Waals surface area contributed by atoms with Crippen LogP contribution in [-0.2, 0) is 0 Å². The SMILES string of the molecule is CCNC1CCC(C2CCC(C)C(C)C2)C1. The molecule has 0 aromatic carbocycles. The minimum atomic E-state index is 0.838. The van der Waals surface area contributed by atoms with Crippen molar-refractivity contribution in [3.8, 4) is 0 Å². The highest BCUT2D eigenvalue weighted by atomic mass is 14.9. The van der Waals surface area contributed by atoms with E-state index in [9.17, 15) is 0 Å². The molecule has 2 aliphatic carbocycles. The maximum absolute atomic E-state index is 3.63. The molecule has 2 fully saturated rings. The maximum atomic E-state index is 3.63. The van der Waals surface area contributed by atoms with Gasteiger partial charge in [-0.3, -0.25) is 0 Å². The van der Waals surface area contributed by atoms with Crippen LogP contribution in [0.2, 0.25) is 0 Å². The quantitative estimate of drug-likeness (QED) is 0.766. The van der Waals surface area contributed by atoms with Gasteiger partial charge in [-0.2, -0.15) is 0 Å². The number of hydrogen-bond donors (Lipinski definition) is 1. The van der Waals surface area contributed by atoms with Gasteiger partial charge in [0.25, 0.3) is 0 Å². The lowest BCUT2D eigenvalue weighted by Crippen LogP contribution is -2.28. The first-order valence-corrected chi connectivity index (χ1v) is 7.44. The van der Waals surface area contributed by atoms with Crippen molar-refractivity contribution in [3.05, 3.63) is 0 Å². The van der Waals surface area contributed by atoms with Crippen LogP contribution in [0.3, 0.4) is 0 Å². The first-order chi connectivity index (χ1) is 7.70. The summed E-state index contributed by atoms with van der Waals surface area (Å²) in [7, 11) is 0. The summed E-state index contributed by atoms with van der Waals surface area (Å²) in [4.78, 5) is 0. The molecule has 1 N–H and O–H groups in total. The van der Waals surface area contributed by atoms with Gasteiger partial charge in [0.1, 0.15) is 0 Å². The molecule has 0 bridgehead atoms. The van der Waals surface area contributed by atoms with Crippen molar-refractivity contribution in [2.45, 2.75) is 65.3 Å². The molecule has 0 amide bonds. The Hall–Kier alpha value is -0.0400. The van der Waals surface area contributed by atoms with Crippen molar-refractivity contribution < 1.29 is 0 Å². The fraction of sp³-hybridized carbons (Fsp3) is 1.00. The zero-order chi connectivity index (χ0) is 11.5. The Kier molecular flexibility index (Phi) is 4.29. The van der Waals surface area contributed by atoms with Crippen molar-refractivity contribution in [1.29, 1.82) is 0 Å². The molecule has 0 radical (unpaired) electrons. The van der Waals surface area contributed by atoms with E-state index in [0.29, 0.717) is 0 Å². The van der Waals surface area contributed by atoms with Crippen LogP contribution in [0.4, 0.5) is 0 Å². The second-order valence-corrected chi connectivity index (χ2v) is 6.36. The lowest BCUT2D eigenvalue weighted by Gasteiger charge is -2.35. The van der Waals surface area contributed by atoms with Gasteiger partial charge in [-0.15, -0.1) is 0 Å². The Morgan fingerprint density at radius 1 is 0.875 bits per heavy atom. The molecule has 2 saturated carbocycles. The van der Waals surface area contributed by atoms with Crippen LogP contribution < -0.4 is 5.32 Å². The third-order valence-corrected chi connectivity index (χ3v) is 5.27. The van der Waals surface area contributed by atoms with Gasteiger partial charge in [-0.1, -0.05) is 27.2 Å². The molecule has 0 saturated heterocycles. The highest BCUT2D eigenvalue weighted by Crippen LogP contribution is 2.42. The molecule has 16 heavy (non-hydrogen) atoms. The van der Waals surface area contributed by atoms with Crippen LogP contribution in [0.5, 0.6) is 0 Å². The standard InChI is InChI=1S/C15H29N/c1-4-16-15-8-7-14(10-15)13-6-5-11(2)12(3)9-13/h11-16H,4-10H2,1-3H3. The zero-order valence-electron chi connectivity index (χ0n) is 11.3. The topological polar surface area (TPSA) is 12.0 Å². The smallest absolute Gasteiger partial charge is 0.00697 e. The first-order valence-electron chi connectivity index (χ1n) is 7.44. The predicted molar refractivity (Wildman–Crippen MR) is 70.5 cm³/mol. The molecule has 2 rings (SSSR count). The van der Waals surface area contributed by atoms with Crippen LogP contribution >= 0.6 is 0 Å². The van der Waals surface area contributed by atoms with Gasteiger partial charge in [0.05, 0.1) is 0 Å². The van der Waals surface area contributed by atoms with Gasteiger partial charge in [-0.05, 0) is 62.3 Å². The molecule has 0 aliphatic heterocycles. The molecule has 1 heteroatoms. The minimum Gasteiger partial charge on any atom is -0.314 e. The Bertz CT molecular complexity index is 213. The summed E-state index contributed by atoms with van der Waals surface area (Å²) in [6.07, 6.45) is 8.87. The summed E-state index contributed by atoms with van der Waals surface area (Å²) in [6, 6.07) is 0.838. The molecule has 94 valence electrons. The van der Waals surface area contributed by atoms with Gasteiger partial charge in [-0.25, -0.2) is 0 Å². The molecule has 5 unspecified atom stereocenters. The monoisotopic (exact) mass is 223 g/mol. The van der Waals surface area contributed by atoms with E-state index in [2.05, 4.69) is 26.1 Å².